The average molecular weight is 468 g/mol. The van der Waals surface area contributed by atoms with E-state index < -0.39 is 11.7 Å². The van der Waals surface area contributed by atoms with Crippen LogP contribution in [0.25, 0.3) is 0 Å². The Morgan fingerprint density at radius 1 is 1.12 bits per heavy atom. The van der Waals surface area contributed by atoms with Crippen LogP contribution in [-0.4, -0.2) is 47.6 Å². The Labute approximate surface area is 194 Å². The molecule has 1 saturated heterocycles. The van der Waals surface area contributed by atoms with Crippen LogP contribution < -0.4 is 10.9 Å². The highest BCUT2D eigenvalue weighted by Crippen LogP contribution is 2.29. The summed E-state index contributed by atoms with van der Waals surface area (Å²) < 4.78 is 10.6. The van der Waals surface area contributed by atoms with Crippen molar-refractivity contribution in [1.82, 2.24) is 15.8 Å². The van der Waals surface area contributed by atoms with Crippen molar-refractivity contribution in [2.75, 3.05) is 19.0 Å². The van der Waals surface area contributed by atoms with Crippen molar-refractivity contribution in [2.24, 2.45) is 11.8 Å². The van der Waals surface area contributed by atoms with E-state index in [1.54, 1.807) is 4.90 Å². The Morgan fingerprint density at radius 3 is 2.38 bits per heavy atom. The van der Waals surface area contributed by atoms with Crippen LogP contribution in [-0.2, 0) is 20.9 Å². The maximum Gasteiger partial charge on any atom is 0.426 e. The average Bonchev–Trinajstić information content (AvgIpc) is 2.76. The predicted molar refractivity (Wildman–Crippen MR) is 122 cm³/mol. The summed E-state index contributed by atoms with van der Waals surface area (Å²) in [6.07, 6.45) is 1.59. The Bertz CT molecular complexity index is 746. The van der Waals surface area contributed by atoms with Gasteiger partial charge in [-0.2, -0.15) is 0 Å². The lowest BCUT2D eigenvalue weighted by molar-refractivity contribution is -0.128. The summed E-state index contributed by atoms with van der Waals surface area (Å²) in [5.41, 5.74) is 5.11. The van der Waals surface area contributed by atoms with Gasteiger partial charge >= 0.3 is 12.2 Å². The van der Waals surface area contributed by atoms with Gasteiger partial charge in [0, 0.05) is 24.9 Å². The van der Waals surface area contributed by atoms with Crippen molar-refractivity contribution >= 4 is 29.7 Å². The van der Waals surface area contributed by atoms with E-state index in [2.05, 4.69) is 10.9 Å². The number of likely N-dealkylation sites (tertiary alicyclic amines) is 1. The molecule has 0 radical (unpaired) electrons. The van der Waals surface area contributed by atoms with E-state index in [0.717, 1.165) is 5.56 Å². The number of benzene rings is 1. The molecule has 3 amide bonds. The second-order valence-corrected chi connectivity index (χ2v) is 9.30. The highest BCUT2D eigenvalue weighted by Gasteiger charge is 2.33. The molecule has 2 N–H and O–H groups in total. The number of nitrogens with zero attached hydrogens (tertiary/aromatic N) is 1. The van der Waals surface area contributed by atoms with Gasteiger partial charge in [-0.15, -0.1) is 11.6 Å². The highest BCUT2D eigenvalue weighted by molar-refractivity contribution is 6.17. The minimum absolute atomic E-state index is 0.0824. The molecule has 0 aromatic heterocycles. The molecular formula is C23H34ClN3O5. The Balaban J connectivity index is 1.83. The minimum Gasteiger partial charge on any atom is -0.444 e. The van der Waals surface area contributed by atoms with E-state index in [4.69, 9.17) is 21.1 Å². The lowest BCUT2D eigenvalue weighted by Gasteiger charge is -2.36. The number of piperidine rings is 1. The molecule has 9 heteroatoms. The van der Waals surface area contributed by atoms with Crippen LogP contribution in [0.5, 0.6) is 0 Å². The quantitative estimate of drug-likeness (QED) is 0.462. The molecule has 1 atom stereocenters. The van der Waals surface area contributed by atoms with Crippen LogP contribution in [0.2, 0.25) is 0 Å². The summed E-state index contributed by atoms with van der Waals surface area (Å²) in [5, 5.41) is 0. The molecule has 0 spiro atoms. The zero-order valence-electron chi connectivity index (χ0n) is 19.1. The van der Waals surface area contributed by atoms with Gasteiger partial charge in [-0.25, -0.2) is 15.0 Å². The fourth-order valence-electron chi connectivity index (χ4n) is 3.65. The van der Waals surface area contributed by atoms with Gasteiger partial charge in [0.25, 0.3) is 0 Å². The van der Waals surface area contributed by atoms with E-state index in [0.29, 0.717) is 44.7 Å². The largest absolute Gasteiger partial charge is 0.444 e. The molecule has 1 fully saturated rings. The van der Waals surface area contributed by atoms with Crippen molar-refractivity contribution in [3.05, 3.63) is 35.9 Å². The Morgan fingerprint density at radius 2 is 1.78 bits per heavy atom. The summed E-state index contributed by atoms with van der Waals surface area (Å²) in [5.74, 6) is -0.0573. The van der Waals surface area contributed by atoms with Crippen LogP contribution in [0.1, 0.15) is 52.0 Å². The molecule has 1 aliphatic rings. The molecule has 2 rings (SSSR count). The third kappa shape index (κ3) is 8.94. The Kier molecular flexibility index (Phi) is 10.1. The van der Waals surface area contributed by atoms with Crippen LogP contribution in [0.15, 0.2) is 30.3 Å². The van der Waals surface area contributed by atoms with E-state index in [1.165, 1.54) is 0 Å². The molecule has 1 aliphatic heterocycles. The van der Waals surface area contributed by atoms with E-state index in [-0.39, 0.29) is 30.4 Å². The molecule has 1 heterocycles. The number of hydrogen-bond acceptors (Lipinski definition) is 5. The topological polar surface area (TPSA) is 97.0 Å². The first kappa shape index (κ1) is 25.8. The minimum atomic E-state index is -0.724. The number of hydrogen-bond donors (Lipinski definition) is 2. The van der Waals surface area contributed by atoms with Crippen LogP contribution in [0.3, 0.4) is 0 Å². The lowest BCUT2D eigenvalue weighted by atomic mass is 9.81. The first-order valence-corrected chi connectivity index (χ1v) is 11.5. The van der Waals surface area contributed by atoms with Gasteiger partial charge in [0.2, 0.25) is 5.91 Å². The standard InChI is InChI=1S/C23H34ClN3O5/c1-23(2,3)32-22(30)27-14-11-18(12-15-27)19(10-7-13-24)20(28)25-26-21(29)31-16-17-8-5-4-6-9-17/h4-6,8-9,18-19H,7,10-16H2,1-3H3,(H,25,28)(H,26,29). The number of carbonyl (C=O) groups is 3. The molecule has 1 aromatic carbocycles. The number of alkyl halides is 1. The summed E-state index contributed by atoms with van der Waals surface area (Å²) in [7, 11) is 0. The van der Waals surface area contributed by atoms with Gasteiger partial charge in [-0.1, -0.05) is 30.3 Å². The fourth-order valence-corrected chi connectivity index (χ4v) is 3.81. The van der Waals surface area contributed by atoms with Gasteiger partial charge < -0.3 is 14.4 Å². The van der Waals surface area contributed by atoms with Gasteiger partial charge in [0.1, 0.15) is 12.2 Å². The molecule has 32 heavy (non-hydrogen) atoms. The number of halogens is 1. The second-order valence-electron chi connectivity index (χ2n) is 8.92. The normalized spacial score (nSPS) is 15.6. The van der Waals surface area contributed by atoms with Crippen LogP contribution >= 0.6 is 11.6 Å². The second kappa shape index (κ2) is 12.5. The number of hydrazine groups is 1. The summed E-state index contributed by atoms with van der Waals surface area (Å²) in [4.78, 5) is 38.7. The first-order chi connectivity index (χ1) is 15.2. The first-order valence-electron chi connectivity index (χ1n) is 11.0. The molecule has 0 saturated carbocycles. The zero-order chi connectivity index (χ0) is 23.6. The fraction of sp³-hybridized carbons (Fsp3) is 0.609. The number of amides is 3. The third-order valence-corrected chi connectivity index (χ3v) is 5.51. The number of ether oxygens (including phenoxy) is 2. The summed E-state index contributed by atoms with van der Waals surface area (Å²) in [6.45, 7) is 6.67. The number of carbonyl (C=O) groups excluding carboxylic acids is 3. The van der Waals surface area contributed by atoms with Gasteiger partial charge in [0.05, 0.1) is 0 Å². The SMILES string of the molecule is CC(C)(C)OC(=O)N1CCC(C(CCCCl)C(=O)NNC(=O)OCc2ccccc2)CC1. The maximum absolute atomic E-state index is 12.8. The summed E-state index contributed by atoms with van der Waals surface area (Å²) in [6, 6.07) is 9.28. The van der Waals surface area contributed by atoms with Crippen molar-refractivity contribution in [1.29, 1.82) is 0 Å². The molecule has 8 nitrogen and oxygen atoms in total. The highest BCUT2D eigenvalue weighted by atomic mass is 35.5. The molecule has 0 bridgehead atoms. The van der Waals surface area contributed by atoms with E-state index in [1.807, 2.05) is 51.1 Å². The lowest BCUT2D eigenvalue weighted by Crippen LogP contribution is -2.48. The third-order valence-electron chi connectivity index (χ3n) is 5.25. The summed E-state index contributed by atoms with van der Waals surface area (Å²) >= 11 is 5.85. The van der Waals surface area contributed by atoms with Crippen molar-refractivity contribution < 1.29 is 23.9 Å². The molecule has 1 aromatic rings. The number of rotatable bonds is 7. The molecular weight excluding hydrogens is 434 g/mol. The van der Waals surface area contributed by atoms with Gasteiger partial charge in [-0.3, -0.25) is 10.2 Å². The van der Waals surface area contributed by atoms with Crippen molar-refractivity contribution in [3.63, 3.8) is 0 Å². The maximum atomic E-state index is 12.8. The van der Waals surface area contributed by atoms with Crippen molar-refractivity contribution in [2.45, 2.75) is 58.7 Å². The zero-order valence-corrected chi connectivity index (χ0v) is 19.8. The molecule has 1 unspecified atom stereocenters. The predicted octanol–water partition coefficient (Wildman–Crippen LogP) is 4.23. The van der Waals surface area contributed by atoms with Gasteiger partial charge in [-0.05, 0) is 57.9 Å². The van der Waals surface area contributed by atoms with Crippen molar-refractivity contribution in [3.8, 4) is 0 Å². The monoisotopic (exact) mass is 467 g/mol. The van der Waals surface area contributed by atoms with E-state index >= 15 is 0 Å². The van der Waals surface area contributed by atoms with E-state index in [9.17, 15) is 14.4 Å². The Hall–Kier alpha value is -2.48. The van der Waals surface area contributed by atoms with Gasteiger partial charge in [0.15, 0.2) is 0 Å². The molecule has 0 aliphatic carbocycles. The number of nitrogens with one attached hydrogen (secondary N) is 2. The van der Waals surface area contributed by atoms with Crippen LogP contribution in [0, 0.1) is 11.8 Å². The van der Waals surface area contributed by atoms with Crippen LogP contribution in [0.4, 0.5) is 9.59 Å². The smallest absolute Gasteiger partial charge is 0.426 e. The molecule has 178 valence electrons.